The predicted octanol–water partition coefficient (Wildman–Crippen LogP) is 2.68. The quantitative estimate of drug-likeness (QED) is 0.540. The molecule has 0 aliphatic carbocycles. The summed E-state index contributed by atoms with van der Waals surface area (Å²) >= 11 is 2.21. The van der Waals surface area contributed by atoms with Crippen molar-refractivity contribution in [3.8, 4) is 12.3 Å². The van der Waals surface area contributed by atoms with Crippen LogP contribution in [0.3, 0.4) is 0 Å². The lowest BCUT2D eigenvalue weighted by atomic mass is 9.96. The van der Waals surface area contributed by atoms with E-state index in [9.17, 15) is 0 Å². The molecule has 2 rings (SSSR count). The number of rotatable bonds is 1. The molecular formula is C10H14S. The van der Waals surface area contributed by atoms with Crippen LogP contribution in [0.1, 0.15) is 32.1 Å². The second-order valence-electron chi connectivity index (χ2n) is 3.70. The first-order valence-corrected chi connectivity index (χ1v) is 5.41. The van der Waals surface area contributed by atoms with Crippen molar-refractivity contribution in [3.05, 3.63) is 0 Å². The van der Waals surface area contributed by atoms with Gasteiger partial charge in [0.2, 0.25) is 0 Å². The Hall–Kier alpha value is -0.0900. The summed E-state index contributed by atoms with van der Waals surface area (Å²) in [6, 6.07) is 0. The van der Waals surface area contributed by atoms with Gasteiger partial charge in [-0.05, 0) is 31.6 Å². The van der Waals surface area contributed by atoms with Crippen LogP contribution in [0.2, 0.25) is 0 Å². The van der Waals surface area contributed by atoms with E-state index in [1.807, 2.05) is 0 Å². The maximum atomic E-state index is 5.31. The van der Waals surface area contributed by atoms with E-state index in [0.29, 0.717) is 0 Å². The molecule has 2 aliphatic heterocycles. The highest BCUT2D eigenvalue weighted by Crippen LogP contribution is 2.46. The summed E-state index contributed by atoms with van der Waals surface area (Å²) in [5.41, 5.74) is 0. The van der Waals surface area contributed by atoms with Crippen LogP contribution in [0.25, 0.3) is 0 Å². The van der Waals surface area contributed by atoms with Crippen molar-refractivity contribution in [2.75, 3.05) is 0 Å². The highest BCUT2D eigenvalue weighted by atomic mass is 32.2. The third-order valence-electron chi connectivity index (χ3n) is 2.79. The van der Waals surface area contributed by atoms with E-state index in [-0.39, 0.29) is 0 Å². The summed E-state index contributed by atoms with van der Waals surface area (Å²) < 4.78 is 0. The summed E-state index contributed by atoms with van der Waals surface area (Å²) in [7, 11) is 0. The fraction of sp³-hybridized carbons (Fsp3) is 0.800. The van der Waals surface area contributed by atoms with Crippen LogP contribution in [0.4, 0.5) is 0 Å². The summed E-state index contributed by atoms with van der Waals surface area (Å²) in [6.07, 6.45) is 12.0. The van der Waals surface area contributed by atoms with Crippen molar-refractivity contribution in [1.82, 2.24) is 0 Å². The van der Waals surface area contributed by atoms with Gasteiger partial charge in [-0.15, -0.1) is 12.3 Å². The molecule has 0 aromatic carbocycles. The standard InChI is InChI=1S/C10H14S/c1-2-3-8-6-9-4-5-10(7-8)11-9/h1,8-10H,3-7H2. The summed E-state index contributed by atoms with van der Waals surface area (Å²) in [5, 5.41) is 1.93. The Kier molecular flexibility index (Phi) is 2.13. The van der Waals surface area contributed by atoms with E-state index in [2.05, 4.69) is 17.7 Å². The maximum Gasteiger partial charge on any atom is 0.0115 e. The Morgan fingerprint density at radius 1 is 1.27 bits per heavy atom. The molecular weight excluding hydrogens is 152 g/mol. The van der Waals surface area contributed by atoms with Gasteiger partial charge in [-0.1, -0.05) is 0 Å². The van der Waals surface area contributed by atoms with Gasteiger partial charge in [-0.25, -0.2) is 0 Å². The normalized spacial score (nSPS) is 41.9. The van der Waals surface area contributed by atoms with Crippen molar-refractivity contribution < 1.29 is 0 Å². The van der Waals surface area contributed by atoms with E-state index in [1.165, 1.54) is 25.7 Å². The molecule has 0 aromatic heterocycles. The molecule has 60 valence electrons. The van der Waals surface area contributed by atoms with E-state index in [1.54, 1.807) is 0 Å². The molecule has 2 saturated heterocycles. The molecule has 0 nitrogen and oxygen atoms in total. The van der Waals surface area contributed by atoms with Gasteiger partial charge >= 0.3 is 0 Å². The van der Waals surface area contributed by atoms with Crippen LogP contribution in [0, 0.1) is 18.3 Å². The minimum atomic E-state index is 0.860. The molecule has 2 heterocycles. The van der Waals surface area contributed by atoms with Gasteiger partial charge in [0.15, 0.2) is 0 Å². The zero-order chi connectivity index (χ0) is 7.68. The smallest absolute Gasteiger partial charge is 0.0115 e. The Bertz CT molecular complexity index is 168. The first-order valence-electron chi connectivity index (χ1n) is 4.47. The average Bonchev–Trinajstić information content (AvgIpc) is 2.32. The molecule has 0 amide bonds. The van der Waals surface area contributed by atoms with Crippen LogP contribution >= 0.6 is 11.8 Å². The highest BCUT2D eigenvalue weighted by molar-refractivity contribution is 8.00. The fourth-order valence-corrected chi connectivity index (χ4v) is 4.16. The van der Waals surface area contributed by atoms with E-state index < -0.39 is 0 Å². The summed E-state index contributed by atoms with van der Waals surface area (Å²) in [6.45, 7) is 0. The molecule has 2 fully saturated rings. The van der Waals surface area contributed by atoms with Crippen molar-refractivity contribution in [1.29, 1.82) is 0 Å². The monoisotopic (exact) mass is 166 g/mol. The zero-order valence-corrected chi connectivity index (χ0v) is 7.57. The molecule has 0 spiro atoms. The van der Waals surface area contributed by atoms with E-state index in [4.69, 9.17) is 6.42 Å². The average molecular weight is 166 g/mol. The number of thioether (sulfide) groups is 1. The van der Waals surface area contributed by atoms with Gasteiger partial charge in [-0.3, -0.25) is 0 Å². The largest absolute Gasteiger partial charge is 0.155 e. The molecule has 0 saturated carbocycles. The second-order valence-corrected chi connectivity index (χ2v) is 5.31. The summed E-state index contributed by atoms with van der Waals surface area (Å²) in [4.78, 5) is 0. The van der Waals surface area contributed by atoms with Gasteiger partial charge in [0.25, 0.3) is 0 Å². The van der Waals surface area contributed by atoms with Crippen molar-refractivity contribution >= 4 is 11.8 Å². The minimum Gasteiger partial charge on any atom is -0.155 e. The highest BCUT2D eigenvalue weighted by Gasteiger charge is 2.33. The number of hydrogen-bond acceptors (Lipinski definition) is 1. The number of fused-ring (bicyclic) bond motifs is 2. The molecule has 2 aliphatic rings. The van der Waals surface area contributed by atoms with Gasteiger partial charge < -0.3 is 0 Å². The third-order valence-corrected chi connectivity index (χ3v) is 4.42. The fourth-order valence-electron chi connectivity index (χ4n) is 2.30. The van der Waals surface area contributed by atoms with Crippen LogP contribution in [-0.4, -0.2) is 10.5 Å². The topological polar surface area (TPSA) is 0 Å². The van der Waals surface area contributed by atoms with Crippen molar-refractivity contribution in [3.63, 3.8) is 0 Å². The molecule has 2 bridgehead atoms. The Morgan fingerprint density at radius 2 is 1.91 bits per heavy atom. The number of terminal acetylenes is 1. The molecule has 2 unspecified atom stereocenters. The zero-order valence-electron chi connectivity index (χ0n) is 6.75. The minimum absolute atomic E-state index is 0.860. The van der Waals surface area contributed by atoms with Crippen molar-refractivity contribution in [2.24, 2.45) is 5.92 Å². The molecule has 2 atom stereocenters. The van der Waals surface area contributed by atoms with E-state index in [0.717, 1.165) is 22.8 Å². The Morgan fingerprint density at radius 3 is 2.45 bits per heavy atom. The van der Waals surface area contributed by atoms with Crippen LogP contribution < -0.4 is 0 Å². The molecule has 0 aromatic rings. The first-order chi connectivity index (χ1) is 5.38. The lowest BCUT2D eigenvalue weighted by molar-refractivity contribution is 0.465. The summed E-state index contributed by atoms with van der Waals surface area (Å²) in [5.74, 6) is 3.66. The van der Waals surface area contributed by atoms with Gasteiger partial charge in [0.1, 0.15) is 0 Å². The Balaban J connectivity index is 1.93. The van der Waals surface area contributed by atoms with Crippen LogP contribution in [0.15, 0.2) is 0 Å². The molecule has 11 heavy (non-hydrogen) atoms. The third kappa shape index (κ3) is 1.56. The SMILES string of the molecule is C#CCC1CC2CCC(C1)S2. The van der Waals surface area contributed by atoms with Crippen molar-refractivity contribution in [2.45, 2.75) is 42.6 Å². The van der Waals surface area contributed by atoms with Crippen LogP contribution in [0.5, 0.6) is 0 Å². The van der Waals surface area contributed by atoms with Gasteiger partial charge in [0, 0.05) is 16.9 Å². The van der Waals surface area contributed by atoms with Gasteiger partial charge in [0.05, 0.1) is 0 Å². The first kappa shape index (κ1) is 7.55. The second kappa shape index (κ2) is 3.11. The molecule has 0 radical (unpaired) electrons. The predicted molar refractivity (Wildman–Crippen MR) is 50.6 cm³/mol. The lowest BCUT2D eigenvalue weighted by Gasteiger charge is -2.25. The van der Waals surface area contributed by atoms with E-state index >= 15 is 0 Å². The Labute approximate surface area is 73.1 Å². The molecule has 1 heteroatoms. The van der Waals surface area contributed by atoms with Crippen LogP contribution in [-0.2, 0) is 0 Å². The molecule has 0 N–H and O–H groups in total. The number of hydrogen-bond donors (Lipinski definition) is 0. The van der Waals surface area contributed by atoms with Gasteiger partial charge in [-0.2, -0.15) is 11.8 Å². The maximum absolute atomic E-state index is 5.31. The lowest BCUT2D eigenvalue weighted by Crippen LogP contribution is -2.16.